The second-order valence-electron chi connectivity index (χ2n) is 5.44. The monoisotopic (exact) mass is 338 g/mol. The number of carbonyl (C=O) groups is 1. The molecule has 5 nitrogen and oxygen atoms in total. The minimum atomic E-state index is -0.339. The van der Waals surface area contributed by atoms with Gasteiger partial charge in [-0.3, -0.25) is 4.79 Å². The fourth-order valence-corrected chi connectivity index (χ4v) is 2.87. The van der Waals surface area contributed by atoms with Gasteiger partial charge in [-0.25, -0.2) is 4.39 Å². The van der Waals surface area contributed by atoms with Crippen molar-refractivity contribution < 1.29 is 18.4 Å². The van der Waals surface area contributed by atoms with E-state index in [1.54, 1.807) is 17.9 Å². The highest BCUT2D eigenvalue weighted by Crippen LogP contribution is 2.25. The van der Waals surface area contributed by atoms with Crippen LogP contribution in [0.1, 0.15) is 23.2 Å². The van der Waals surface area contributed by atoms with Crippen molar-refractivity contribution in [1.82, 2.24) is 10.1 Å². The van der Waals surface area contributed by atoms with E-state index in [4.69, 9.17) is 20.9 Å². The van der Waals surface area contributed by atoms with E-state index in [2.05, 4.69) is 5.16 Å². The molecule has 0 N–H and O–H groups in total. The molecule has 0 fully saturated rings. The molecule has 0 atom stereocenters. The molecule has 0 aliphatic carbocycles. The van der Waals surface area contributed by atoms with Gasteiger partial charge in [0, 0.05) is 24.1 Å². The van der Waals surface area contributed by atoms with Crippen LogP contribution < -0.4 is 4.74 Å². The van der Waals surface area contributed by atoms with Crippen LogP contribution in [0.25, 0.3) is 0 Å². The quantitative estimate of drug-likeness (QED) is 0.862. The molecule has 1 aliphatic heterocycles. The molecular formula is C16H16ClFN2O3. The summed E-state index contributed by atoms with van der Waals surface area (Å²) in [6.45, 7) is 2.97. The summed E-state index contributed by atoms with van der Waals surface area (Å²) in [6.07, 6.45) is 0.743. The van der Waals surface area contributed by atoms with Gasteiger partial charge < -0.3 is 14.2 Å². The summed E-state index contributed by atoms with van der Waals surface area (Å²) in [5.74, 6) is 0.246. The predicted molar refractivity (Wildman–Crippen MR) is 81.9 cm³/mol. The summed E-state index contributed by atoms with van der Waals surface area (Å²) < 4.78 is 23.8. The van der Waals surface area contributed by atoms with Gasteiger partial charge in [0.1, 0.15) is 18.2 Å². The van der Waals surface area contributed by atoms with Crippen molar-refractivity contribution in [1.29, 1.82) is 0 Å². The van der Waals surface area contributed by atoms with Gasteiger partial charge in [-0.05, 0) is 43.1 Å². The minimum Gasteiger partial charge on any atom is -0.491 e. The molecule has 1 amide bonds. The van der Waals surface area contributed by atoms with Crippen molar-refractivity contribution in [3.8, 4) is 5.75 Å². The fourth-order valence-electron chi connectivity index (χ4n) is 2.61. The van der Waals surface area contributed by atoms with E-state index in [0.29, 0.717) is 43.1 Å². The number of carbonyl (C=O) groups excluding carboxylic acids is 1. The van der Waals surface area contributed by atoms with Crippen LogP contribution in [-0.2, 0) is 17.8 Å². The Bertz CT molecular complexity index is 713. The maximum absolute atomic E-state index is 13.4. The van der Waals surface area contributed by atoms with Gasteiger partial charge in [0.05, 0.1) is 12.2 Å². The SMILES string of the molecule is Cc1noc(Cl)c1CCC(=O)N1CCOc2ccc(F)cc2C1. The Labute approximate surface area is 138 Å². The average Bonchev–Trinajstić information content (AvgIpc) is 2.73. The van der Waals surface area contributed by atoms with Gasteiger partial charge in [-0.2, -0.15) is 0 Å². The molecule has 0 bridgehead atoms. The van der Waals surface area contributed by atoms with Crippen LogP contribution >= 0.6 is 11.6 Å². The number of ether oxygens (including phenoxy) is 1. The number of hydrogen-bond acceptors (Lipinski definition) is 4. The van der Waals surface area contributed by atoms with Crippen LogP contribution in [0.5, 0.6) is 5.75 Å². The third-order valence-corrected chi connectivity index (χ3v) is 4.18. The molecule has 122 valence electrons. The number of halogens is 2. The molecule has 7 heteroatoms. The molecule has 0 radical (unpaired) electrons. The standard InChI is InChI=1S/C16H16ClFN2O3/c1-10-13(16(17)23-19-10)3-5-15(21)20-6-7-22-14-4-2-12(18)8-11(14)9-20/h2,4,8H,3,5-7,9H2,1H3. The van der Waals surface area contributed by atoms with E-state index in [0.717, 1.165) is 5.56 Å². The van der Waals surface area contributed by atoms with Gasteiger partial charge in [0.15, 0.2) is 0 Å². The van der Waals surface area contributed by atoms with Crippen molar-refractivity contribution in [2.45, 2.75) is 26.3 Å². The highest BCUT2D eigenvalue weighted by molar-refractivity contribution is 6.29. The number of aryl methyl sites for hydroxylation is 1. The fraction of sp³-hybridized carbons (Fsp3) is 0.375. The molecule has 1 aromatic heterocycles. The first kappa shape index (κ1) is 15.8. The van der Waals surface area contributed by atoms with Gasteiger partial charge in [-0.1, -0.05) is 5.16 Å². The molecule has 2 heterocycles. The van der Waals surface area contributed by atoms with Crippen molar-refractivity contribution in [3.05, 3.63) is 46.1 Å². The number of hydrogen-bond donors (Lipinski definition) is 0. The first-order chi connectivity index (χ1) is 11.0. The summed E-state index contributed by atoms with van der Waals surface area (Å²) in [6, 6.07) is 4.36. The number of aromatic nitrogens is 1. The molecule has 1 aliphatic rings. The molecule has 2 aromatic rings. The van der Waals surface area contributed by atoms with Crippen molar-refractivity contribution in [2.75, 3.05) is 13.2 Å². The molecule has 23 heavy (non-hydrogen) atoms. The molecule has 0 saturated carbocycles. The number of fused-ring (bicyclic) bond motifs is 1. The van der Waals surface area contributed by atoms with Crippen LogP contribution in [-0.4, -0.2) is 29.1 Å². The van der Waals surface area contributed by atoms with Crippen molar-refractivity contribution >= 4 is 17.5 Å². The first-order valence-corrected chi connectivity index (χ1v) is 7.72. The summed E-state index contributed by atoms with van der Waals surface area (Å²) in [5, 5.41) is 3.99. The topological polar surface area (TPSA) is 55.6 Å². The number of rotatable bonds is 3. The van der Waals surface area contributed by atoms with Crippen LogP contribution in [0.15, 0.2) is 22.7 Å². The maximum atomic E-state index is 13.4. The number of nitrogens with zero attached hydrogens (tertiary/aromatic N) is 2. The first-order valence-electron chi connectivity index (χ1n) is 7.34. The smallest absolute Gasteiger partial charge is 0.229 e. The maximum Gasteiger partial charge on any atom is 0.229 e. The minimum absolute atomic E-state index is 0.0395. The van der Waals surface area contributed by atoms with Crippen molar-refractivity contribution in [3.63, 3.8) is 0 Å². The lowest BCUT2D eigenvalue weighted by Crippen LogP contribution is -2.32. The molecule has 0 spiro atoms. The van der Waals surface area contributed by atoms with E-state index in [1.807, 2.05) is 0 Å². The zero-order chi connectivity index (χ0) is 16.4. The predicted octanol–water partition coefficient (Wildman–Crippen LogP) is 3.13. The summed E-state index contributed by atoms with van der Waals surface area (Å²) >= 11 is 5.91. The van der Waals surface area contributed by atoms with E-state index in [9.17, 15) is 9.18 Å². The molecule has 1 aromatic carbocycles. The van der Waals surface area contributed by atoms with Crippen LogP contribution in [0.4, 0.5) is 4.39 Å². The summed E-state index contributed by atoms with van der Waals surface area (Å²) in [4.78, 5) is 14.1. The summed E-state index contributed by atoms with van der Waals surface area (Å²) in [5.41, 5.74) is 2.11. The lowest BCUT2D eigenvalue weighted by molar-refractivity contribution is -0.131. The largest absolute Gasteiger partial charge is 0.491 e. The van der Waals surface area contributed by atoms with Gasteiger partial charge in [0.2, 0.25) is 11.1 Å². The Morgan fingerprint density at radius 3 is 3.04 bits per heavy atom. The molecular weight excluding hydrogens is 323 g/mol. The van der Waals surface area contributed by atoms with Gasteiger partial charge >= 0.3 is 0 Å². The van der Waals surface area contributed by atoms with Crippen molar-refractivity contribution in [2.24, 2.45) is 0 Å². The zero-order valence-corrected chi connectivity index (χ0v) is 13.4. The lowest BCUT2D eigenvalue weighted by Gasteiger charge is -2.19. The summed E-state index contributed by atoms with van der Waals surface area (Å²) in [7, 11) is 0. The Hall–Kier alpha value is -2.08. The number of benzene rings is 1. The van der Waals surface area contributed by atoms with Crippen LogP contribution in [0, 0.1) is 12.7 Å². The average molecular weight is 339 g/mol. The molecule has 0 saturated heterocycles. The molecule has 3 rings (SSSR count). The zero-order valence-electron chi connectivity index (χ0n) is 12.6. The Kier molecular flexibility index (Phi) is 4.52. The second-order valence-corrected chi connectivity index (χ2v) is 5.78. The van der Waals surface area contributed by atoms with E-state index in [-0.39, 0.29) is 23.4 Å². The third-order valence-electron chi connectivity index (χ3n) is 3.88. The van der Waals surface area contributed by atoms with Gasteiger partial charge in [-0.15, -0.1) is 0 Å². The lowest BCUT2D eigenvalue weighted by atomic mass is 10.1. The highest BCUT2D eigenvalue weighted by atomic mass is 35.5. The van der Waals surface area contributed by atoms with E-state index in [1.165, 1.54) is 12.1 Å². The molecule has 0 unspecified atom stereocenters. The Balaban J connectivity index is 1.68. The Morgan fingerprint density at radius 2 is 2.30 bits per heavy atom. The number of amides is 1. The van der Waals surface area contributed by atoms with Crippen LogP contribution in [0.2, 0.25) is 5.22 Å². The second kappa shape index (κ2) is 6.58. The highest BCUT2D eigenvalue weighted by Gasteiger charge is 2.21. The third kappa shape index (κ3) is 3.47. The van der Waals surface area contributed by atoms with E-state index >= 15 is 0 Å². The Morgan fingerprint density at radius 1 is 1.48 bits per heavy atom. The van der Waals surface area contributed by atoms with E-state index < -0.39 is 0 Å². The van der Waals surface area contributed by atoms with Gasteiger partial charge in [0.25, 0.3) is 0 Å². The normalized spacial score (nSPS) is 14.1. The van der Waals surface area contributed by atoms with Crippen LogP contribution in [0.3, 0.4) is 0 Å².